The number of Topliss-reactive ketones (excluding diaryl/α,β-unsaturated/α-hetero) is 1. The van der Waals surface area contributed by atoms with Gasteiger partial charge in [-0.2, -0.15) is 0 Å². The van der Waals surface area contributed by atoms with Gasteiger partial charge in [-0.05, 0) is 24.0 Å². The summed E-state index contributed by atoms with van der Waals surface area (Å²) >= 11 is 0. The van der Waals surface area contributed by atoms with E-state index in [0.29, 0.717) is 24.3 Å². The molecule has 3 aromatic rings. The molecule has 0 unspecified atom stereocenters. The molecule has 0 amide bonds. The highest BCUT2D eigenvalue weighted by molar-refractivity contribution is 5.80. The number of carbonyl (C=O) groups excluding carboxylic acids is 1. The first-order valence-corrected chi connectivity index (χ1v) is 9.68. The Bertz CT molecular complexity index is 930. The van der Waals surface area contributed by atoms with E-state index in [1.165, 1.54) is 0 Å². The van der Waals surface area contributed by atoms with Crippen molar-refractivity contribution < 1.29 is 24.5 Å². The molecule has 1 aliphatic rings. The van der Waals surface area contributed by atoms with E-state index >= 15 is 0 Å². The van der Waals surface area contributed by atoms with Crippen LogP contribution in [-0.2, 0) is 23.6 Å². The second-order valence-corrected chi connectivity index (χ2v) is 7.48. The van der Waals surface area contributed by atoms with E-state index in [0.717, 1.165) is 22.3 Å². The van der Waals surface area contributed by atoms with Crippen molar-refractivity contribution in [3.05, 3.63) is 65.5 Å². The summed E-state index contributed by atoms with van der Waals surface area (Å²) in [5, 5.41) is 29.7. The maximum atomic E-state index is 11.6. The quantitative estimate of drug-likeness (QED) is 0.614. The molecule has 6 heteroatoms. The van der Waals surface area contributed by atoms with Gasteiger partial charge in [0.2, 0.25) is 5.89 Å². The summed E-state index contributed by atoms with van der Waals surface area (Å²) in [4.78, 5) is 16.3. The highest BCUT2D eigenvalue weighted by Gasteiger charge is 2.39. The number of rotatable bonds is 5. The van der Waals surface area contributed by atoms with Crippen molar-refractivity contribution >= 4 is 5.78 Å². The zero-order valence-electron chi connectivity index (χ0n) is 16.0. The Morgan fingerprint density at radius 1 is 0.862 bits per heavy atom. The molecule has 1 fully saturated rings. The molecule has 0 atom stereocenters. The smallest absolute Gasteiger partial charge is 0.227 e. The summed E-state index contributed by atoms with van der Waals surface area (Å²) < 4.78 is 6.08. The Morgan fingerprint density at radius 2 is 1.38 bits per heavy atom. The Labute approximate surface area is 168 Å². The van der Waals surface area contributed by atoms with Gasteiger partial charge in [-0.25, -0.2) is 4.98 Å². The Kier molecular flexibility index (Phi) is 5.32. The van der Waals surface area contributed by atoms with Crippen molar-refractivity contribution in [3.8, 4) is 22.6 Å². The van der Waals surface area contributed by atoms with E-state index in [4.69, 9.17) is 4.42 Å². The normalized spacial score (nSPS) is 16.2. The predicted molar refractivity (Wildman–Crippen MR) is 107 cm³/mol. The molecule has 1 heterocycles. The fourth-order valence-corrected chi connectivity index (χ4v) is 3.60. The molecule has 0 radical (unpaired) electrons. The van der Waals surface area contributed by atoms with Gasteiger partial charge in [0.25, 0.3) is 0 Å². The summed E-state index contributed by atoms with van der Waals surface area (Å²) in [6.45, 7) is -0.0984. The molecular weight excluding hydrogens is 370 g/mol. The first kappa shape index (κ1) is 19.5. The first-order chi connectivity index (χ1) is 14.0. The van der Waals surface area contributed by atoms with E-state index in [2.05, 4.69) is 4.98 Å². The molecule has 29 heavy (non-hydrogen) atoms. The van der Waals surface area contributed by atoms with Crippen LogP contribution >= 0.6 is 0 Å². The van der Waals surface area contributed by atoms with Crippen molar-refractivity contribution in [2.45, 2.75) is 44.5 Å². The number of benzene rings is 2. The van der Waals surface area contributed by atoms with Gasteiger partial charge in [-0.15, -0.1) is 0 Å². The van der Waals surface area contributed by atoms with Crippen LogP contribution in [-0.4, -0.2) is 26.1 Å². The van der Waals surface area contributed by atoms with Gasteiger partial charge < -0.3 is 19.7 Å². The number of hydrogen-bond donors (Lipinski definition) is 3. The van der Waals surface area contributed by atoms with Gasteiger partial charge in [0.1, 0.15) is 17.1 Å². The van der Waals surface area contributed by atoms with Crippen LogP contribution < -0.4 is 0 Å². The van der Waals surface area contributed by atoms with E-state index in [1.54, 1.807) is 0 Å². The lowest BCUT2D eigenvalue weighted by molar-refractivity contribution is -0.126. The summed E-state index contributed by atoms with van der Waals surface area (Å²) in [6, 6.07) is 14.6. The van der Waals surface area contributed by atoms with Crippen LogP contribution in [0, 0.1) is 0 Å². The molecule has 1 aromatic heterocycles. The van der Waals surface area contributed by atoms with Gasteiger partial charge >= 0.3 is 0 Å². The largest absolute Gasteiger partial charge is 0.437 e. The van der Waals surface area contributed by atoms with Crippen molar-refractivity contribution in [1.82, 2.24) is 4.98 Å². The summed E-state index contributed by atoms with van der Waals surface area (Å²) in [6.07, 6.45) is 1.19. The minimum Gasteiger partial charge on any atom is -0.437 e. The highest BCUT2D eigenvalue weighted by Crippen LogP contribution is 2.41. The third kappa shape index (κ3) is 3.87. The standard InChI is InChI=1S/C23H23NO5/c25-13-15-1-5-17(6-2-15)20-21(18-7-3-16(14-26)4-8-18)29-22(24-20)23(28)11-9-19(27)10-12-23/h1-8,25-26,28H,9-14H2. The summed E-state index contributed by atoms with van der Waals surface area (Å²) in [5.41, 5.74) is 2.47. The van der Waals surface area contributed by atoms with Crippen molar-refractivity contribution in [3.63, 3.8) is 0 Å². The minimum atomic E-state index is -1.27. The van der Waals surface area contributed by atoms with Gasteiger partial charge in [-0.3, -0.25) is 4.79 Å². The van der Waals surface area contributed by atoms with Crippen LogP contribution in [0.3, 0.4) is 0 Å². The lowest BCUT2D eigenvalue weighted by atomic mass is 9.84. The van der Waals surface area contributed by atoms with Crippen LogP contribution in [0.4, 0.5) is 0 Å². The number of carbonyl (C=O) groups is 1. The first-order valence-electron chi connectivity index (χ1n) is 9.68. The zero-order chi connectivity index (χ0) is 20.4. The summed E-state index contributed by atoms with van der Waals surface area (Å²) in [7, 11) is 0. The molecule has 2 aromatic carbocycles. The molecule has 1 saturated carbocycles. The molecule has 6 nitrogen and oxygen atoms in total. The number of nitrogens with zero attached hydrogens (tertiary/aromatic N) is 1. The third-order valence-electron chi connectivity index (χ3n) is 5.47. The summed E-state index contributed by atoms with van der Waals surface area (Å²) in [5.74, 6) is 0.875. The third-order valence-corrected chi connectivity index (χ3v) is 5.47. The molecule has 0 saturated heterocycles. The average molecular weight is 393 g/mol. The molecule has 4 rings (SSSR count). The van der Waals surface area contributed by atoms with E-state index in [1.807, 2.05) is 48.5 Å². The SMILES string of the molecule is O=C1CCC(O)(c2nc(-c3ccc(CO)cc3)c(-c3ccc(CO)cc3)o2)CC1. The lowest BCUT2D eigenvalue weighted by Crippen LogP contribution is -2.31. The van der Waals surface area contributed by atoms with Crippen molar-refractivity contribution in [2.75, 3.05) is 0 Å². The maximum absolute atomic E-state index is 11.6. The van der Waals surface area contributed by atoms with E-state index < -0.39 is 5.60 Å². The molecule has 3 N–H and O–H groups in total. The topological polar surface area (TPSA) is 104 Å². The number of aromatic nitrogens is 1. The highest BCUT2D eigenvalue weighted by atomic mass is 16.4. The zero-order valence-corrected chi connectivity index (χ0v) is 16.0. The van der Waals surface area contributed by atoms with Crippen LogP contribution in [0.25, 0.3) is 22.6 Å². The van der Waals surface area contributed by atoms with Gasteiger partial charge in [0, 0.05) is 24.0 Å². The van der Waals surface area contributed by atoms with Gasteiger partial charge in [-0.1, -0.05) is 48.5 Å². The molecule has 150 valence electrons. The van der Waals surface area contributed by atoms with E-state index in [-0.39, 0.29) is 37.7 Å². The Hall–Kier alpha value is -2.80. The number of aliphatic hydroxyl groups excluding tert-OH is 2. The number of oxazole rings is 1. The molecule has 0 aliphatic heterocycles. The van der Waals surface area contributed by atoms with Crippen LogP contribution in [0.5, 0.6) is 0 Å². The lowest BCUT2D eigenvalue weighted by Gasteiger charge is -2.27. The number of hydrogen-bond acceptors (Lipinski definition) is 6. The van der Waals surface area contributed by atoms with Gasteiger partial charge in [0.05, 0.1) is 13.2 Å². The Balaban J connectivity index is 1.80. The van der Waals surface area contributed by atoms with Crippen LogP contribution in [0.1, 0.15) is 42.7 Å². The van der Waals surface area contributed by atoms with Crippen LogP contribution in [0.2, 0.25) is 0 Å². The maximum Gasteiger partial charge on any atom is 0.227 e. The molecule has 0 spiro atoms. The average Bonchev–Trinajstić information content (AvgIpc) is 3.22. The number of aliphatic hydroxyl groups is 3. The second kappa shape index (κ2) is 7.91. The number of ketones is 1. The van der Waals surface area contributed by atoms with Gasteiger partial charge in [0.15, 0.2) is 5.76 Å². The molecule has 1 aliphatic carbocycles. The second-order valence-electron chi connectivity index (χ2n) is 7.48. The van der Waals surface area contributed by atoms with E-state index in [9.17, 15) is 20.1 Å². The fraction of sp³-hybridized carbons (Fsp3) is 0.304. The van der Waals surface area contributed by atoms with Crippen LogP contribution in [0.15, 0.2) is 52.9 Å². The van der Waals surface area contributed by atoms with Crippen molar-refractivity contribution in [1.29, 1.82) is 0 Å². The van der Waals surface area contributed by atoms with Crippen molar-refractivity contribution in [2.24, 2.45) is 0 Å². The molecule has 0 bridgehead atoms. The fourth-order valence-electron chi connectivity index (χ4n) is 3.60. The Morgan fingerprint density at radius 3 is 1.90 bits per heavy atom. The monoisotopic (exact) mass is 393 g/mol. The molecular formula is C23H23NO5. The minimum absolute atomic E-state index is 0.0480. The predicted octanol–water partition coefficient (Wildman–Crippen LogP) is 3.32.